The van der Waals surface area contributed by atoms with Crippen molar-refractivity contribution in [3.63, 3.8) is 0 Å². The number of carbonyl (C=O) groups is 1. The molecule has 0 aliphatic carbocycles. The molecule has 0 saturated heterocycles. The molecule has 2 aromatic carbocycles. The highest BCUT2D eigenvalue weighted by Crippen LogP contribution is 2.37. The van der Waals surface area contributed by atoms with Gasteiger partial charge in [-0.25, -0.2) is 9.97 Å². The molecule has 1 amide bonds. The Labute approximate surface area is 229 Å². The molecule has 0 aliphatic rings. The van der Waals surface area contributed by atoms with Gasteiger partial charge in [0.1, 0.15) is 17.0 Å². The van der Waals surface area contributed by atoms with Crippen LogP contribution >= 0.6 is 11.6 Å². The molecule has 5 rings (SSSR count). The van der Waals surface area contributed by atoms with Crippen LogP contribution in [-0.2, 0) is 12.7 Å². The highest BCUT2D eigenvalue weighted by Gasteiger charge is 2.33. The first-order chi connectivity index (χ1) is 19.0. The van der Waals surface area contributed by atoms with Crippen molar-refractivity contribution in [2.24, 2.45) is 5.73 Å². The van der Waals surface area contributed by atoms with Gasteiger partial charge in [0, 0.05) is 21.5 Å². The molecule has 10 nitrogen and oxygen atoms in total. The molecular weight excluding hydrogens is 553 g/mol. The summed E-state index contributed by atoms with van der Waals surface area (Å²) in [5, 5.41) is 7.37. The van der Waals surface area contributed by atoms with Crippen LogP contribution in [0.1, 0.15) is 40.8 Å². The third-order valence-electron chi connectivity index (χ3n) is 5.81. The zero-order chi connectivity index (χ0) is 28.6. The lowest BCUT2D eigenvalue weighted by Crippen LogP contribution is -2.25. The number of amides is 1. The van der Waals surface area contributed by atoms with E-state index >= 15 is 0 Å². The molecule has 206 valence electrons. The zero-order valence-corrected chi connectivity index (χ0v) is 21.7. The van der Waals surface area contributed by atoms with E-state index in [1.54, 1.807) is 37.3 Å². The second kappa shape index (κ2) is 10.6. The number of methoxy groups -OCH3 is 1. The molecule has 0 fully saturated rings. The van der Waals surface area contributed by atoms with Crippen molar-refractivity contribution >= 4 is 28.4 Å². The number of halogens is 4. The number of nitrogens with two attached hydrogens (primary N) is 1. The normalized spacial score (nSPS) is 12.5. The summed E-state index contributed by atoms with van der Waals surface area (Å²) in [5.74, 6) is -0.0204. The minimum atomic E-state index is -4.65. The molecule has 0 unspecified atom stereocenters. The lowest BCUT2D eigenvalue weighted by molar-refractivity contribution is -0.140. The Bertz CT molecular complexity index is 1700. The van der Waals surface area contributed by atoms with Crippen LogP contribution in [0.2, 0.25) is 5.02 Å². The van der Waals surface area contributed by atoms with Crippen LogP contribution in [0.4, 0.5) is 13.2 Å². The van der Waals surface area contributed by atoms with Crippen molar-refractivity contribution in [1.82, 2.24) is 25.4 Å². The van der Waals surface area contributed by atoms with E-state index in [-0.39, 0.29) is 46.4 Å². The van der Waals surface area contributed by atoms with Crippen molar-refractivity contribution in [2.45, 2.75) is 25.7 Å². The second-order valence-electron chi connectivity index (χ2n) is 8.63. The largest absolute Gasteiger partial charge is 0.494 e. The van der Waals surface area contributed by atoms with Gasteiger partial charge in [-0.05, 0) is 55.5 Å². The number of hydrogen-bond donors (Lipinski definition) is 2. The fourth-order valence-electron chi connectivity index (χ4n) is 3.90. The van der Waals surface area contributed by atoms with Gasteiger partial charge in [0.25, 0.3) is 5.91 Å². The molecule has 0 spiro atoms. The monoisotopic (exact) mass is 572 g/mol. The molecule has 0 saturated carbocycles. The Morgan fingerprint density at radius 3 is 2.52 bits per heavy atom. The number of ether oxygens (including phenoxy) is 1. The maximum atomic E-state index is 13.3. The number of aromatic nitrogens is 4. The molecule has 1 atom stereocenters. The number of pyridine rings is 1. The summed E-state index contributed by atoms with van der Waals surface area (Å²) in [4.78, 5) is 25.4. The Morgan fingerprint density at radius 2 is 1.85 bits per heavy atom. The minimum Gasteiger partial charge on any atom is -0.494 e. The number of fused-ring (bicyclic) bond motifs is 1. The summed E-state index contributed by atoms with van der Waals surface area (Å²) in [7, 11) is 1.32. The van der Waals surface area contributed by atoms with Crippen LogP contribution in [0.3, 0.4) is 0 Å². The van der Waals surface area contributed by atoms with Gasteiger partial charge < -0.3 is 24.7 Å². The standard InChI is InChI=1S/C26H20ClF3N6O4/c1-12(31)22-21(24(37)32-11-19-34-23(36-40-19)13-3-5-14(27)6-4-13)35-25(39-22)16-7-9-17(38-2)20-15(16)8-10-18(33-20)26(28,29)30/h3-10,12H,11,31H2,1-2H3,(H,32,37)/t12-/m0/s1. The molecule has 0 bridgehead atoms. The number of carbonyl (C=O) groups excluding carboxylic acids is 1. The first-order valence-electron chi connectivity index (χ1n) is 11.7. The highest BCUT2D eigenvalue weighted by molar-refractivity contribution is 6.30. The summed E-state index contributed by atoms with van der Waals surface area (Å²) >= 11 is 5.90. The van der Waals surface area contributed by atoms with Gasteiger partial charge in [-0.15, -0.1) is 0 Å². The van der Waals surface area contributed by atoms with Gasteiger partial charge in [0.05, 0.1) is 19.7 Å². The van der Waals surface area contributed by atoms with Gasteiger partial charge in [0.15, 0.2) is 11.5 Å². The molecule has 0 aliphatic heterocycles. The summed E-state index contributed by atoms with van der Waals surface area (Å²) in [6.07, 6.45) is -4.65. The summed E-state index contributed by atoms with van der Waals surface area (Å²) in [6.45, 7) is 1.48. The SMILES string of the molecule is COc1ccc(-c2nc(C(=O)NCc3nc(-c4ccc(Cl)cc4)no3)c([C@H](C)N)o2)c2ccc(C(F)(F)F)nc12. The smallest absolute Gasteiger partial charge is 0.433 e. The van der Waals surface area contributed by atoms with Crippen LogP contribution in [0, 0.1) is 0 Å². The van der Waals surface area contributed by atoms with E-state index in [0.29, 0.717) is 22.0 Å². The molecular formula is C26H20ClF3N6O4. The maximum Gasteiger partial charge on any atom is 0.433 e. The Hall–Kier alpha value is -4.49. The number of alkyl halides is 3. The minimum absolute atomic E-state index is 0.0329. The van der Waals surface area contributed by atoms with E-state index in [2.05, 4.69) is 25.4 Å². The number of nitrogens with one attached hydrogen (secondary N) is 1. The van der Waals surface area contributed by atoms with Crippen molar-refractivity contribution in [3.05, 3.63) is 76.6 Å². The van der Waals surface area contributed by atoms with Crippen molar-refractivity contribution in [1.29, 1.82) is 0 Å². The van der Waals surface area contributed by atoms with Crippen LogP contribution in [0.25, 0.3) is 33.7 Å². The quantitative estimate of drug-likeness (QED) is 0.256. The van der Waals surface area contributed by atoms with E-state index in [1.807, 2.05) is 0 Å². The second-order valence-corrected chi connectivity index (χ2v) is 9.06. The van der Waals surface area contributed by atoms with Crippen molar-refractivity contribution in [2.75, 3.05) is 7.11 Å². The van der Waals surface area contributed by atoms with Crippen molar-refractivity contribution < 1.29 is 31.6 Å². The predicted molar refractivity (Wildman–Crippen MR) is 137 cm³/mol. The van der Waals surface area contributed by atoms with E-state index in [0.717, 1.165) is 6.07 Å². The third-order valence-corrected chi connectivity index (χ3v) is 6.07. The molecule has 0 radical (unpaired) electrons. The topological polar surface area (TPSA) is 142 Å². The third kappa shape index (κ3) is 5.33. The molecule has 3 heterocycles. The number of oxazole rings is 1. The fraction of sp³-hybridized carbons (Fsp3) is 0.192. The van der Waals surface area contributed by atoms with E-state index in [9.17, 15) is 18.0 Å². The van der Waals surface area contributed by atoms with Crippen LogP contribution in [-0.4, -0.2) is 33.1 Å². The van der Waals surface area contributed by atoms with E-state index < -0.39 is 23.8 Å². The van der Waals surface area contributed by atoms with Gasteiger partial charge in [-0.3, -0.25) is 4.79 Å². The number of rotatable bonds is 7. The van der Waals surface area contributed by atoms with Crippen molar-refractivity contribution in [3.8, 4) is 28.6 Å². The Balaban J connectivity index is 1.43. The van der Waals surface area contributed by atoms with Crippen LogP contribution in [0.5, 0.6) is 5.75 Å². The van der Waals surface area contributed by atoms with Gasteiger partial charge in [-0.1, -0.05) is 16.8 Å². The molecule has 3 aromatic heterocycles. The maximum absolute atomic E-state index is 13.3. The molecule has 5 aromatic rings. The Kier molecular flexibility index (Phi) is 7.17. The fourth-order valence-corrected chi connectivity index (χ4v) is 4.03. The van der Waals surface area contributed by atoms with Gasteiger partial charge in [0.2, 0.25) is 17.6 Å². The number of benzene rings is 2. The lowest BCUT2D eigenvalue weighted by Gasteiger charge is -2.11. The highest BCUT2D eigenvalue weighted by atomic mass is 35.5. The Morgan fingerprint density at radius 1 is 1.10 bits per heavy atom. The first-order valence-corrected chi connectivity index (χ1v) is 12.1. The zero-order valence-electron chi connectivity index (χ0n) is 20.9. The van der Waals surface area contributed by atoms with Crippen LogP contribution in [0.15, 0.2) is 57.5 Å². The molecule has 40 heavy (non-hydrogen) atoms. The van der Waals surface area contributed by atoms with E-state index in [1.165, 1.54) is 19.2 Å². The average Bonchev–Trinajstić information content (AvgIpc) is 3.59. The average molecular weight is 573 g/mol. The molecule has 3 N–H and O–H groups in total. The summed E-state index contributed by atoms with van der Waals surface area (Å²) in [5.41, 5.74) is 5.77. The predicted octanol–water partition coefficient (Wildman–Crippen LogP) is 5.57. The lowest BCUT2D eigenvalue weighted by atomic mass is 10.1. The van der Waals surface area contributed by atoms with Gasteiger partial charge >= 0.3 is 6.18 Å². The first kappa shape index (κ1) is 27.1. The summed E-state index contributed by atoms with van der Waals surface area (Å²) < 4.78 is 56.1. The number of nitrogens with zero attached hydrogens (tertiary/aromatic N) is 4. The molecule has 14 heteroatoms. The van der Waals surface area contributed by atoms with E-state index in [4.69, 9.17) is 31.0 Å². The van der Waals surface area contributed by atoms with Gasteiger partial charge in [-0.2, -0.15) is 18.2 Å². The van der Waals surface area contributed by atoms with Crippen LogP contribution < -0.4 is 15.8 Å². The summed E-state index contributed by atoms with van der Waals surface area (Å²) in [6, 6.07) is 11.2. The number of hydrogen-bond acceptors (Lipinski definition) is 9.